The predicted molar refractivity (Wildman–Crippen MR) is 104 cm³/mol. The molecule has 0 aliphatic rings. The lowest BCUT2D eigenvalue weighted by atomic mass is 10.2. The summed E-state index contributed by atoms with van der Waals surface area (Å²) in [5.41, 5.74) is 2.37. The Balaban J connectivity index is 1.71. The minimum absolute atomic E-state index is 0.103. The standard InChI is InChI=1S/C20H26N2OS/c1-3-22(4-2)18-12-10-17(11-13-18)16-21-20(23)14-15-24-19-8-6-5-7-9-19/h5-13H,3-4,14-16H2,1-2H3,(H,21,23). The van der Waals surface area contributed by atoms with E-state index in [2.05, 4.69) is 60.5 Å². The van der Waals surface area contributed by atoms with Gasteiger partial charge in [-0.3, -0.25) is 4.79 Å². The van der Waals surface area contributed by atoms with Crippen LogP contribution in [0.5, 0.6) is 0 Å². The van der Waals surface area contributed by atoms with Gasteiger partial charge in [-0.05, 0) is 43.7 Å². The molecule has 0 aliphatic carbocycles. The molecule has 0 unspecified atom stereocenters. The van der Waals surface area contributed by atoms with Crippen molar-refractivity contribution in [2.75, 3.05) is 23.7 Å². The number of carbonyl (C=O) groups excluding carboxylic acids is 1. The fraction of sp³-hybridized carbons (Fsp3) is 0.350. The van der Waals surface area contributed by atoms with E-state index in [1.165, 1.54) is 10.6 Å². The first-order chi connectivity index (χ1) is 11.7. The maximum absolute atomic E-state index is 11.9. The molecule has 0 saturated heterocycles. The van der Waals surface area contributed by atoms with Gasteiger partial charge in [-0.25, -0.2) is 0 Å². The molecule has 0 aromatic heterocycles. The number of nitrogens with one attached hydrogen (secondary N) is 1. The number of rotatable bonds is 9. The molecule has 128 valence electrons. The lowest BCUT2D eigenvalue weighted by Crippen LogP contribution is -2.23. The van der Waals surface area contributed by atoms with Crippen LogP contribution in [0.1, 0.15) is 25.8 Å². The van der Waals surface area contributed by atoms with Crippen LogP contribution in [-0.4, -0.2) is 24.7 Å². The normalized spacial score (nSPS) is 10.4. The van der Waals surface area contributed by atoms with Crippen LogP contribution in [-0.2, 0) is 11.3 Å². The van der Waals surface area contributed by atoms with Gasteiger partial charge in [0.25, 0.3) is 0 Å². The summed E-state index contributed by atoms with van der Waals surface area (Å²) in [6.45, 7) is 6.92. The highest BCUT2D eigenvalue weighted by molar-refractivity contribution is 7.99. The minimum Gasteiger partial charge on any atom is -0.372 e. The Hall–Kier alpha value is -1.94. The van der Waals surface area contributed by atoms with Gasteiger partial charge in [-0.15, -0.1) is 11.8 Å². The molecule has 0 atom stereocenters. The van der Waals surface area contributed by atoms with Crippen molar-refractivity contribution in [3.8, 4) is 0 Å². The van der Waals surface area contributed by atoms with Crippen LogP contribution >= 0.6 is 11.8 Å². The van der Waals surface area contributed by atoms with Crippen molar-refractivity contribution in [3.63, 3.8) is 0 Å². The first-order valence-corrected chi connectivity index (χ1v) is 9.50. The summed E-state index contributed by atoms with van der Waals surface area (Å²) in [6, 6.07) is 18.6. The summed E-state index contributed by atoms with van der Waals surface area (Å²) in [4.78, 5) is 15.5. The summed E-state index contributed by atoms with van der Waals surface area (Å²) in [5.74, 6) is 0.905. The highest BCUT2D eigenvalue weighted by Gasteiger charge is 2.04. The number of amides is 1. The Morgan fingerprint density at radius 3 is 2.29 bits per heavy atom. The molecule has 0 spiro atoms. The maximum atomic E-state index is 11.9. The average molecular weight is 343 g/mol. The average Bonchev–Trinajstić information content (AvgIpc) is 2.63. The minimum atomic E-state index is 0.103. The van der Waals surface area contributed by atoms with Gasteiger partial charge in [0.1, 0.15) is 0 Å². The number of nitrogens with zero attached hydrogens (tertiary/aromatic N) is 1. The lowest BCUT2D eigenvalue weighted by Gasteiger charge is -2.21. The van der Waals surface area contributed by atoms with E-state index >= 15 is 0 Å². The van der Waals surface area contributed by atoms with Crippen molar-refractivity contribution >= 4 is 23.4 Å². The molecular weight excluding hydrogens is 316 g/mol. The zero-order valence-electron chi connectivity index (χ0n) is 14.5. The van der Waals surface area contributed by atoms with Gasteiger partial charge in [-0.2, -0.15) is 0 Å². The summed E-state index contributed by atoms with van der Waals surface area (Å²) in [6.07, 6.45) is 0.539. The van der Waals surface area contributed by atoms with E-state index in [1.807, 2.05) is 18.2 Å². The molecule has 0 radical (unpaired) electrons. The van der Waals surface area contributed by atoms with E-state index in [-0.39, 0.29) is 5.91 Å². The first kappa shape index (κ1) is 18.4. The number of carbonyl (C=O) groups is 1. The van der Waals surface area contributed by atoms with Gasteiger partial charge < -0.3 is 10.2 Å². The molecule has 2 rings (SSSR count). The number of thioether (sulfide) groups is 1. The van der Waals surface area contributed by atoms with Gasteiger partial charge in [0.15, 0.2) is 0 Å². The molecule has 2 aromatic carbocycles. The smallest absolute Gasteiger partial charge is 0.221 e. The van der Waals surface area contributed by atoms with Crippen LogP contribution in [0.3, 0.4) is 0 Å². The van der Waals surface area contributed by atoms with E-state index in [0.717, 1.165) is 24.4 Å². The Morgan fingerprint density at radius 2 is 1.67 bits per heavy atom. The van der Waals surface area contributed by atoms with E-state index in [1.54, 1.807) is 11.8 Å². The molecular formula is C20H26N2OS. The zero-order valence-corrected chi connectivity index (χ0v) is 15.3. The third kappa shape index (κ3) is 5.93. The van der Waals surface area contributed by atoms with Crippen LogP contribution in [0.15, 0.2) is 59.5 Å². The highest BCUT2D eigenvalue weighted by atomic mass is 32.2. The Labute approximate surface area is 149 Å². The summed E-state index contributed by atoms with van der Waals surface area (Å²) in [7, 11) is 0. The number of anilines is 1. The zero-order chi connectivity index (χ0) is 17.2. The highest BCUT2D eigenvalue weighted by Crippen LogP contribution is 2.18. The predicted octanol–water partition coefficient (Wildman–Crippen LogP) is 4.33. The molecule has 0 fully saturated rings. The van der Waals surface area contributed by atoms with E-state index in [0.29, 0.717) is 13.0 Å². The van der Waals surface area contributed by atoms with Crippen molar-refractivity contribution in [1.82, 2.24) is 5.32 Å². The van der Waals surface area contributed by atoms with Crippen LogP contribution in [0.4, 0.5) is 5.69 Å². The van der Waals surface area contributed by atoms with E-state index in [4.69, 9.17) is 0 Å². The van der Waals surface area contributed by atoms with Gasteiger partial charge in [0.2, 0.25) is 5.91 Å². The number of hydrogen-bond donors (Lipinski definition) is 1. The SMILES string of the molecule is CCN(CC)c1ccc(CNC(=O)CCSc2ccccc2)cc1. The molecule has 24 heavy (non-hydrogen) atoms. The van der Waals surface area contributed by atoms with Crippen molar-refractivity contribution in [1.29, 1.82) is 0 Å². The third-order valence-electron chi connectivity index (χ3n) is 3.90. The molecule has 1 N–H and O–H groups in total. The molecule has 2 aromatic rings. The van der Waals surface area contributed by atoms with E-state index < -0.39 is 0 Å². The topological polar surface area (TPSA) is 32.3 Å². The Morgan fingerprint density at radius 1 is 1.00 bits per heavy atom. The monoisotopic (exact) mass is 342 g/mol. The van der Waals surface area contributed by atoms with Crippen molar-refractivity contribution in [2.24, 2.45) is 0 Å². The molecule has 0 bridgehead atoms. The molecule has 0 aliphatic heterocycles. The van der Waals surface area contributed by atoms with Crippen molar-refractivity contribution in [3.05, 3.63) is 60.2 Å². The molecule has 0 heterocycles. The maximum Gasteiger partial charge on any atom is 0.221 e. The van der Waals surface area contributed by atoms with Crippen LogP contribution < -0.4 is 10.2 Å². The van der Waals surface area contributed by atoms with Gasteiger partial charge in [0.05, 0.1) is 0 Å². The third-order valence-corrected chi connectivity index (χ3v) is 4.91. The molecule has 0 saturated carbocycles. The summed E-state index contributed by atoms with van der Waals surface area (Å²) >= 11 is 1.71. The first-order valence-electron chi connectivity index (χ1n) is 8.51. The number of benzene rings is 2. The van der Waals surface area contributed by atoms with Crippen LogP contribution in [0.25, 0.3) is 0 Å². The van der Waals surface area contributed by atoms with Gasteiger partial charge >= 0.3 is 0 Å². The largest absolute Gasteiger partial charge is 0.372 e. The van der Waals surface area contributed by atoms with Crippen molar-refractivity contribution in [2.45, 2.75) is 31.7 Å². The van der Waals surface area contributed by atoms with E-state index in [9.17, 15) is 4.79 Å². The Kier molecular flexibility index (Phi) is 7.69. The molecule has 1 amide bonds. The summed E-state index contributed by atoms with van der Waals surface area (Å²) < 4.78 is 0. The quantitative estimate of drug-likeness (QED) is 0.688. The van der Waals surface area contributed by atoms with Gasteiger partial charge in [0, 0.05) is 42.4 Å². The second-order valence-corrected chi connectivity index (χ2v) is 6.70. The van der Waals surface area contributed by atoms with Crippen molar-refractivity contribution < 1.29 is 4.79 Å². The lowest BCUT2D eigenvalue weighted by molar-refractivity contribution is -0.120. The second kappa shape index (κ2) is 10.0. The summed E-state index contributed by atoms with van der Waals surface area (Å²) in [5, 5.41) is 3.00. The fourth-order valence-corrected chi connectivity index (χ4v) is 3.35. The van der Waals surface area contributed by atoms with Crippen LogP contribution in [0, 0.1) is 0 Å². The molecule has 4 heteroatoms. The fourth-order valence-electron chi connectivity index (χ4n) is 2.48. The number of hydrogen-bond acceptors (Lipinski definition) is 3. The Bertz CT molecular complexity index is 609. The van der Waals surface area contributed by atoms with Gasteiger partial charge in [-0.1, -0.05) is 30.3 Å². The second-order valence-electron chi connectivity index (χ2n) is 5.53. The molecule has 3 nitrogen and oxygen atoms in total. The van der Waals surface area contributed by atoms with Crippen LogP contribution in [0.2, 0.25) is 0 Å².